The molecule has 0 aliphatic carbocycles. The van der Waals surface area contributed by atoms with Crippen LogP contribution in [-0.4, -0.2) is 57.4 Å². The Hall–Kier alpha value is -1.06. The highest BCUT2D eigenvalue weighted by Crippen LogP contribution is 2.16. The van der Waals surface area contributed by atoms with Crippen molar-refractivity contribution >= 4 is 35.6 Å². The normalized spacial score (nSPS) is 15.8. The van der Waals surface area contributed by atoms with Crippen LogP contribution in [-0.2, 0) is 4.74 Å². The van der Waals surface area contributed by atoms with Gasteiger partial charge in [-0.05, 0) is 31.5 Å². The Morgan fingerprint density at radius 3 is 2.87 bits per heavy atom. The van der Waals surface area contributed by atoms with E-state index < -0.39 is 0 Å². The summed E-state index contributed by atoms with van der Waals surface area (Å²) in [6, 6.07) is 7.63. The van der Waals surface area contributed by atoms with Crippen LogP contribution in [0.4, 0.5) is 5.69 Å². The number of aliphatic imine (C=N–C) groups is 1. The maximum atomic E-state index is 5.89. The van der Waals surface area contributed by atoms with Gasteiger partial charge in [-0.25, -0.2) is 0 Å². The van der Waals surface area contributed by atoms with Gasteiger partial charge in [0.05, 0.1) is 20.3 Å². The standard InChI is InChI=1S/C16H26N4O2.HI/c1-21-15-6-4-5-14(13-15)19-16(17)18-7-2-3-8-20-9-11-22-12-10-20;/h4-6,13H,2-3,7-12H2,1H3,(H3,17,18,19);1H. The molecule has 1 aromatic carbocycles. The van der Waals surface area contributed by atoms with Crippen molar-refractivity contribution in [1.82, 2.24) is 4.90 Å². The number of morpholine rings is 1. The number of nitrogens with zero attached hydrogens (tertiary/aromatic N) is 2. The Kier molecular flexibility index (Phi) is 9.97. The summed E-state index contributed by atoms with van der Waals surface area (Å²) in [6.45, 7) is 5.66. The second kappa shape index (κ2) is 11.5. The Balaban J connectivity index is 0.00000264. The van der Waals surface area contributed by atoms with Crippen LogP contribution >= 0.6 is 24.0 Å². The van der Waals surface area contributed by atoms with Gasteiger partial charge in [0.1, 0.15) is 5.75 Å². The molecule has 130 valence electrons. The molecule has 0 bridgehead atoms. The number of hydrogen-bond donors (Lipinski definition) is 2. The number of guanidine groups is 1. The lowest BCUT2D eigenvalue weighted by Crippen LogP contribution is -2.36. The summed E-state index contributed by atoms with van der Waals surface area (Å²) < 4.78 is 10.5. The molecule has 0 unspecified atom stereocenters. The van der Waals surface area contributed by atoms with Gasteiger partial charge < -0.3 is 20.5 Å². The largest absolute Gasteiger partial charge is 0.497 e. The SMILES string of the molecule is COc1cccc(NC(N)=NCCCCN2CCOCC2)c1.I. The average Bonchev–Trinajstić information content (AvgIpc) is 2.55. The molecule has 1 fully saturated rings. The van der Waals surface area contributed by atoms with Crippen molar-refractivity contribution in [3.63, 3.8) is 0 Å². The first kappa shape index (κ1) is 20.0. The molecule has 23 heavy (non-hydrogen) atoms. The smallest absolute Gasteiger partial charge is 0.193 e. The van der Waals surface area contributed by atoms with Gasteiger partial charge in [-0.3, -0.25) is 9.89 Å². The van der Waals surface area contributed by atoms with E-state index >= 15 is 0 Å². The van der Waals surface area contributed by atoms with Crippen LogP contribution in [0.3, 0.4) is 0 Å². The first-order valence-corrected chi connectivity index (χ1v) is 7.79. The minimum atomic E-state index is 0. The quantitative estimate of drug-likeness (QED) is 0.298. The van der Waals surface area contributed by atoms with Gasteiger partial charge in [0.15, 0.2) is 5.96 Å². The molecule has 0 radical (unpaired) electrons. The summed E-state index contributed by atoms with van der Waals surface area (Å²) >= 11 is 0. The van der Waals surface area contributed by atoms with E-state index in [0.717, 1.165) is 63.7 Å². The van der Waals surface area contributed by atoms with Crippen molar-refractivity contribution in [1.29, 1.82) is 0 Å². The molecule has 7 heteroatoms. The summed E-state index contributed by atoms with van der Waals surface area (Å²) in [7, 11) is 1.64. The fourth-order valence-corrected chi connectivity index (χ4v) is 2.36. The first-order valence-electron chi connectivity index (χ1n) is 7.79. The van der Waals surface area contributed by atoms with Crippen molar-refractivity contribution in [3.8, 4) is 5.75 Å². The molecule has 6 nitrogen and oxygen atoms in total. The van der Waals surface area contributed by atoms with Crippen molar-refractivity contribution in [3.05, 3.63) is 24.3 Å². The van der Waals surface area contributed by atoms with Gasteiger partial charge in [-0.15, -0.1) is 24.0 Å². The van der Waals surface area contributed by atoms with Crippen molar-refractivity contribution in [2.45, 2.75) is 12.8 Å². The number of benzene rings is 1. The van der Waals surface area contributed by atoms with Crippen LogP contribution in [0.25, 0.3) is 0 Å². The molecule has 2 rings (SSSR count). The summed E-state index contributed by atoms with van der Waals surface area (Å²) in [4.78, 5) is 6.79. The maximum Gasteiger partial charge on any atom is 0.193 e. The third-order valence-corrected chi connectivity index (χ3v) is 3.61. The monoisotopic (exact) mass is 434 g/mol. The van der Waals surface area contributed by atoms with E-state index in [4.69, 9.17) is 15.2 Å². The first-order chi connectivity index (χ1) is 10.8. The molecule has 0 saturated carbocycles. The lowest BCUT2D eigenvalue weighted by molar-refractivity contribution is 0.0373. The van der Waals surface area contributed by atoms with E-state index in [1.54, 1.807) is 7.11 Å². The van der Waals surface area contributed by atoms with Crippen LogP contribution in [0.5, 0.6) is 5.75 Å². The molecule has 1 heterocycles. The van der Waals surface area contributed by atoms with Crippen LogP contribution in [0.1, 0.15) is 12.8 Å². The number of rotatable bonds is 7. The van der Waals surface area contributed by atoms with Crippen LogP contribution < -0.4 is 15.8 Å². The topological polar surface area (TPSA) is 72.1 Å². The number of hydrogen-bond acceptors (Lipinski definition) is 4. The summed E-state index contributed by atoms with van der Waals surface area (Å²) in [6.07, 6.45) is 2.17. The molecule has 1 aliphatic rings. The zero-order chi connectivity index (χ0) is 15.6. The minimum absolute atomic E-state index is 0. The molecule has 0 atom stereocenters. The Bertz CT molecular complexity index is 479. The van der Waals surface area contributed by atoms with Crippen LogP contribution in [0.15, 0.2) is 29.3 Å². The van der Waals surface area contributed by atoms with Gasteiger partial charge in [0.25, 0.3) is 0 Å². The fourth-order valence-electron chi connectivity index (χ4n) is 2.36. The summed E-state index contributed by atoms with van der Waals surface area (Å²) in [5, 5.41) is 3.08. The highest BCUT2D eigenvalue weighted by Gasteiger charge is 2.08. The lowest BCUT2D eigenvalue weighted by atomic mass is 10.3. The molecular weight excluding hydrogens is 407 g/mol. The minimum Gasteiger partial charge on any atom is -0.497 e. The van der Waals surface area contributed by atoms with E-state index in [1.165, 1.54) is 0 Å². The van der Waals surface area contributed by atoms with E-state index in [9.17, 15) is 0 Å². The molecule has 0 aromatic heterocycles. The Labute approximate surface area is 155 Å². The van der Waals surface area contributed by atoms with Gasteiger partial charge >= 0.3 is 0 Å². The number of unbranched alkanes of at least 4 members (excludes halogenated alkanes) is 1. The number of halogens is 1. The van der Waals surface area contributed by atoms with E-state index in [1.807, 2.05) is 24.3 Å². The molecule has 3 N–H and O–H groups in total. The van der Waals surface area contributed by atoms with Gasteiger partial charge in [0.2, 0.25) is 0 Å². The van der Waals surface area contributed by atoms with Gasteiger partial charge in [0, 0.05) is 31.4 Å². The molecular formula is C16H27IN4O2. The number of nitrogens with two attached hydrogens (primary N) is 1. The van der Waals surface area contributed by atoms with Gasteiger partial charge in [-0.2, -0.15) is 0 Å². The van der Waals surface area contributed by atoms with Crippen LogP contribution in [0, 0.1) is 0 Å². The van der Waals surface area contributed by atoms with Crippen molar-refractivity contribution < 1.29 is 9.47 Å². The van der Waals surface area contributed by atoms with Crippen molar-refractivity contribution in [2.24, 2.45) is 10.7 Å². The summed E-state index contributed by atoms with van der Waals surface area (Å²) in [5.74, 6) is 1.24. The van der Waals surface area contributed by atoms with Gasteiger partial charge in [-0.1, -0.05) is 6.07 Å². The van der Waals surface area contributed by atoms with E-state index in [0.29, 0.717) is 5.96 Å². The van der Waals surface area contributed by atoms with Crippen molar-refractivity contribution in [2.75, 3.05) is 51.8 Å². The molecule has 1 aliphatic heterocycles. The number of methoxy groups -OCH3 is 1. The molecule has 0 amide bonds. The molecule has 0 spiro atoms. The second-order valence-corrected chi connectivity index (χ2v) is 5.29. The average molecular weight is 434 g/mol. The van der Waals surface area contributed by atoms with Crippen LogP contribution in [0.2, 0.25) is 0 Å². The predicted molar refractivity (Wildman–Crippen MR) is 105 cm³/mol. The lowest BCUT2D eigenvalue weighted by Gasteiger charge is -2.26. The molecule has 1 saturated heterocycles. The Morgan fingerprint density at radius 1 is 1.35 bits per heavy atom. The highest BCUT2D eigenvalue weighted by atomic mass is 127. The zero-order valence-corrected chi connectivity index (χ0v) is 16.0. The maximum absolute atomic E-state index is 5.89. The third kappa shape index (κ3) is 7.85. The zero-order valence-electron chi connectivity index (χ0n) is 13.7. The second-order valence-electron chi connectivity index (χ2n) is 5.29. The Morgan fingerprint density at radius 2 is 2.13 bits per heavy atom. The predicted octanol–water partition coefficient (Wildman–Crippen LogP) is 2.15. The fraction of sp³-hybridized carbons (Fsp3) is 0.562. The van der Waals surface area contributed by atoms with E-state index in [-0.39, 0.29) is 24.0 Å². The summed E-state index contributed by atoms with van der Waals surface area (Å²) in [5.41, 5.74) is 6.78. The number of ether oxygens (including phenoxy) is 2. The number of nitrogens with one attached hydrogen (secondary N) is 1. The third-order valence-electron chi connectivity index (χ3n) is 3.61. The molecule has 1 aromatic rings. The van der Waals surface area contributed by atoms with E-state index in [2.05, 4.69) is 15.2 Å². The number of anilines is 1. The highest BCUT2D eigenvalue weighted by molar-refractivity contribution is 14.0.